The van der Waals surface area contributed by atoms with Gasteiger partial charge in [0.25, 0.3) is 5.91 Å². The Kier molecular flexibility index (Phi) is 4.02. The van der Waals surface area contributed by atoms with E-state index >= 15 is 0 Å². The maximum Gasteiger partial charge on any atom is 0.251 e. The predicted octanol–water partition coefficient (Wildman–Crippen LogP) is 2.11. The van der Waals surface area contributed by atoms with E-state index in [1.54, 1.807) is 0 Å². The van der Waals surface area contributed by atoms with Gasteiger partial charge in [0.05, 0.1) is 0 Å². The summed E-state index contributed by atoms with van der Waals surface area (Å²) in [6.07, 6.45) is 2.25. The van der Waals surface area contributed by atoms with E-state index in [1.807, 2.05) is 31.2 Å². The van der Waals surface area contributed by atoms with Crippen LogP contribution < -0.4 is 10.6 Å². The first kappa shape index (κ1) is 13.1. The van der Waals surface area contributed by atoms with Gasteiger partial charge >= 0.3 is 0 Å². The third kappa shape index (κ3) is 3.33. The molecule has 0 bridgehead atoms. The molecule has 3 nitrogen and oxygen atoms in total. The summed E-state index contributed by atoms with van der Waals surface area (Å²) in [7, 11) is 0. The van der Waals surface area contributed by atoms with E-state index in [1.165, 1.54) is 5.56 Å². The van der Waals surface area contributed by atoms with Crippen molar-refractivity contribution in [2.24, 2.45) is 5.41 Å². The lowest BCUT2D eigenvalue weighted by Gasteiger charge is -2.34. The number of carbonyl (C=O) groups is 1. The van der Waals surface area contributed by atoms with E-state index in [0.29, 0.717) is 0 Å². The Morgan fingerprint density at radius 2 is 1.89 bits per heavy atom. The summed E-state index contributed by atoms with van der Waals surface area (Å²) in [4.78, 5) is 12.0. The Bertz CT molecular complexity index is 405. The first-order valence-corrected chi connectivity index (χ1v) is 6.65. The molecule has 0 unspecified atom stereocenters. The van der Waals surface area contributed by atoms with Crippen LogP contribution in [-0.2, 0) is 0 Å². The minimum atomic E-state index is 0.0368. The molecule has 98 valence electrons. The molecule has 1 amide bonds. The molecule has 1 aliphatic rings. The molecule has 1 saturated heterocycles. The number of piperidine rings is 1. The zero-order chi connectivity index (χ0) is 13.0. The Balaban J connectivity index is 1.89. The van der Waals surface area contributed by atoms with Crippen LogP contribution in [0.4, 0.5) is 0 Å². The van der Waals surface area contributed by atoms with Crippen molar-refractivity contribution in [1.82, 2.24) is 10.6 Å². The van der Waals surface area contributed by atoms with E-state index in [-0.39, 0.29) is 11.3 Å². The van der Waals surface area contributed by atoms with Crippen LogP contribution in [0.25, 0.3) is 0 Å². The molecule has 18 heavy (non-hydrogen) atoms. The van der Waals surface area contributed by atoms with E-state index in [2.05, 4.69) is 17.6 Å². The largest absolute Gasteiger partial charge is 0.351 e. The van der Waals surface area contributed by atoms with E-state index in [9.17, 15) is 4.79 Å². The maximum atomic E-state index is 12.0. The number of amides is 1. The summed E-state index contributed by atoms with van der Waals surface area (Å²) >= 11 is 0. The molecule has 1 aromatic carbocycles. The monoisotopic (exact) mass is 246 g/mol. The minimum absolute atomic E-state index is 0.0368. The Hall–Kier alpha value is -1.35. The smallest absolute Gasteiger partial charge is 0.251 e. The highest BCUT2D eigenvalue weighted by Gasteiger charge is 2.27. The molecule has 1 aromatic rings. The zero-order valence-corrected chi connectivity index (χ0v) is 11.3. The second-order valence-corrected chi connectivity index (χ2v) is 5.61. The molecule has 2 N–H and O–H groups in total. The summed E-state index contributed by atoms with van der Waals surface area (Å²) in [6, 6.07) is 7.72. The van der Waals surface area contributed by atoms with Crippen molar-refractivity contribution in [3.05, 3.63) is 35.4 Å². The molecule has 0 spiro atoms. The van der Waals surface area contributed by atoms with Gasteiger partial charge < -0.3 is 10.6 Å². The van der Waals surface area contributed by atoms with Gasteiger partial charge in [-0.2, -0.15) is 0 Å². The normalized spacial score (nSPS) is 18.3. The number of hydrogen-bond acceptors (Lipinski definition) is 2. The van der Waals surface area contributed by atoms with Crippen molar-refractivity contribution >= 4 is 5.91 Å². The molecule has 0 aliphatic carbocycles. The van der Waals surface area contributed by atoms with Crippen LogP contribution in [-0.4, -0.2) is 25.5 Å². The van der Waals surface area contributed by atoms with Gasteiger partial charge in [-0.25, -0.2) is 0 Å². The molecule has 0 aromatic heterocycles. The SMILES string of the molecule is Cc1ccc(C(=O)NCC2(C)CCNCC2)cc1. The molecule has 2 rings (SSSR count). The maximum absolute atomic E-state index is 12.0. The lowest BCUT2D eigenvalue weighted by molar-refractivity contribution is 0.0922. The Labute approximate surface area is 109 Å². The van der Waals surface area contributed by atoms with E-state index in [0.717, 1.165) is 38.0 Å². The fourth-order valence-corrected chi connectivity index (χ4v) is 2.31. The van der Waals surface area contributed by atoms with Crippen LogP contribution in [0.5, 0.6) is 0 Å². The number of hydrogen-bond donors (Lipinski definition) is 2. The summed E-state index contributed by atoms with van der Waals surface area (Å²) < 4.78 is 0. The number of aryl methyl sites for hydroxylation is 1. The van der Waals surface area contributed by atoms with Crippen molar-refractivity contribution in [2.75, 3.05) is 19.6 Å². The van der Waals surface area contributed by atoms with E-state index in [4.69, 9.17) is 0 Å². The third-order valence-electron chi connectivity index (χ3n) is 3.80. The summed E-state index contributed by atoms with van der Waals surface area (Å²) in [5.41, 5.74) is 2.17. The fourth-order valence-electron chi connectivity index (χ4n) is 2.31. The van der Waals surface area contributed by atoms with Gasteiger partial charge in [0.2, 0.25) is 0 Å². The van der Waals surface area contributed by atoms with Crippen molar-refractivity contribution in [3.8, 4) is 0 Å². The van der Waals surface area contributed by atoms with Crippen LogP contribution in [0.1, 0.15) is 35.7 Å². The van der Waals surface area contributed by atoms with Gasteiger partial charge in [-0.15, -0.1) is 0 Å². The van der Waals surface area contributed by atoms with Crippen LogP contribution >= 0.6 is 0 Å². The van der Waals surface area contributed by atoms with Gasteiger partial charge in [-0.05, 0) is 50.4 Å². The summed E-state index contributed by atoms with van der Waals surface area (Å²) in [5.74, 6) is 0.0368. The third-order valence-corrected chi connectivity index (χ3v) is 3.80. The number of nitrogens with one attached hydrogen (secondary N) is 2. The van der Waals surface area contributed by atoms with Crippen molar-refractivity contribution < 1.29 is 4.79 Å². The lowest BCUT2D eigenvalue weighted by atomic mass is 9.81. The van der Waals surface area contributed by atoms with Crippen LogP contribution in [0.15, 0.2) is 24.3 Å². The van der Waals surface area contributed by atoms with Gasteiger partial charge in [-0.3, -0.25) is 4.79 Å². The Morgan fingerprint density at radius 1 is 1.28 bits per heavy atom. The number of carbonyl (C=O) groups excluding carboxylic acids is 1. The number of benzene rings is 1. The highest BCUT2D eigenvalue weighted by atomic mass is 16.1. The second-order valence-electron chi connectivity index (χ2n) is 5.61. The first-order valence-electron chi connectivity index (χ1n) is 6.65. The molecule has 0 atom stereocenters. The molecule has 0 saturated carbocycles. The minimum Gasteiger partial charge on any atom is -0.351 e. The average molecular weight is 246 g/mol. The van der Waals surface area contributed by atoms with Crippen molar-refractivity contribution in [3.63, 3.8) is 0 Å². The zero-order valence-electron chi connectivity index (χ0n) is 11.3. The molecular weight excluding hydrogens is 224 g/mol. The topological polar surface area (TPSA) is 41.1 Å². The molecule has 1 aliphatic heterocycles. The second kappa shape index (κ2) is 5.53. The van der Waals surface area contributed by atoms with Crippen molar-refractivity contribution in [1.29, 1.82) is 0 Å². The molecule has 0 radical (unpaired) electrons. The van der Waals surface area contributed by atoms with Crippen LogP contribution in [0, 0.1) is 12.3 Å². The predicted molar refractivity (Wildman–Crippen MR) is 73.7 cm³/mol. The first-order chi connectivity index (χ1) is 8.59. The summed E-state index contributed by atoms with van der Waals surface area (Å²) in [6.45, 7) is 7.15. The average Bonchev–Trinajstić information content (AvgIpc) is 2.38. The highest BCUT2D eigenvalue weighted by molar-refractivity contribution is 5.94. The Morgan fingerprint density at radius 3 is 2.50 bits per heavy atom. The van der Waals surface area contributed by atoms with Gasteiger partial charge in [-0.1, -0.05) is 24.6 Å². The van der Waals surface area contributed by atoms with Gasteiger partial charge in [0.1, 0.15) is 0 Å². The van der Waals surface area contributed by atoms with Crippen LogP contribution in [0.3, 0.4) is 0 Å². The van der Waals surface area contributed by atoms with Gasteiger partial charge in [0, 0.05) is 12.1 Å². The lowest BCUT2D eigenvalue weighted by Crippen LogP contribution is -2.42. The molecular formula is C15H22N2O. The molecule has 1 fully saturated rings. The summed E-state index contributed by atoms with van der Waals surface area (Å²) in [5, 5.41) is 6.41. The number of rotatable bonds is 3. The highest BCUT2D eigenvalue weighted by Crippen LogP contribution is 2.26. The quantitative estimate of drug-likeness (QED) is 0.857. The van der Waals surface area contributed by atoms with Crippen molar-refractivity contribution in [2.45, 2.75) is 26.7 Å². The standard InChI is InChI=1S/C15H22N2O/c1-12-3-5-13(6-4-12)14(18)17-11-15(2)7-9-16-10-8-15/h3-6,16H,7-11H2,1-2H3,(H,17,18). The molecule has 3 heteroatoms. The fraction of sp³-hybridized carbons (Fsp3) is 0.533. The van der Waals surface area contributed by atoms with Gasteiger partial charge in [0.15, 0.2) is 0 Å². The molecule has 1 heterocycles. The van der Waals surface area contributed by atoms with E-state index < -0.39 is 0 Å². The van der Waals surface area contributed by atoms with Crippen LogP contribution in [0.2, 0.25) is 0 Å².